The molecular weight excluding hydrogens is 434 g/mol. The summed E-state index contributed by atoms with van der Waals surface area (Å²) in [5.74, 6) is -0.616. The van der Waals surface area contributed by atoms with Crippen LogP contribution in [0.25, 0.3) is 0 Å². The van der Waals surface area contributed by atoms with Crippen LogP contribution in [0.15, 0.2) is 27.6 Å². The zero-order valence-electron chi connectivity index (χ0n) is 15.8. The van der Waals surface area contributed by atoms with Crippen molar-refractivity contribution in [2.45, 2.75) is 57.9 Å². The Kier molecular flexibility index (Phi) is 8.18. The van der Waals surface area contributed by atoms with Crippen LogP contribution in [-0.2, 0) is 25.6 Å². The van der Waals surface area contributed by atoms with Gasteiger partial charge in [0, 0.05) is 33.0 Å². The summed E-state index contributed by atoms with van der Waals surface area (Å²) < 4.78 is 12.0. The molecule has 3 atom stereocenters. The lowest BCUT2D eigenvalue weighted by molar-refractivity contribution is -0.156. The Bertz CT molecular complexity index is 794. The number of aliphatic hydroxyl groups is 1. The molecule has 1 aromatic rings. The first-order chi connectivity index (χ1) is 13.3. The van der Waals surface area contributed by atoms with Gasteiger partial charge in [-0.1, -0.05) is 12.2 Å². The summed E-state index contributed by atoms with van der Waals surface area (Å²) in [5.41, 5.74) is -0.486. The van der Waals surface area contributed by atoms with Crippen LogP contribution in [-0.4, -0.2) is 51.5 Å². The molecule has 28 heavy (non-hydrogen) atoms. The van der Waals surface area contributed by atoms with E-state index < -0.39 is 29.8 Å². The second kappa shape index (κ2) is 10.4. The Morgan fingerprint density at radius 1 is 1.43 bits per heavy atom. The van der Waals surface area contributed by atoms with Gasteiger partial charge in [-0.05, 0) is 28.8 Å². The Labute approximate surface area is 170 Å². The van der Waals surface area contributed by atoms with Gasteiger partial charge < -0.3 is 19.9 Å². The van der Waals surface area contributed by atoms with Crippen LogP contribution in [0.5, 0.6) is 0 Å². The van der Waals surface area contributed by atoms with E-state index in [9.17, 15) is 19.5 Å². The normalized spacial score (nSPS) is 19.7. The molecular formula is C18H24BrN3O6. The molecule has 0 spiro atoms. The summed E-state index contributed by atoms with van der Waals surface area (Å²) in [4.78, 5) is 38.5. The fraction of sp³-hybridized carbons (Fsp3) is 0.556. The van der Waals surface area contributed by atoms with E-state index in [1.165, 1.54) is 18.4 Å². The highest BCUT2D eigenvalue weighted by atomic mass is 79.9. The number of allylic oxidation sites excluding steroid dienone is 1. The first kappa shape index (κ1) is 22.1. The number of nitrogens with zero attached hydrogens (tertiary/aromatic N) is 2. The molecule has 0 aromatic carbocycles. The van der Waals surface area contributed by atoms with Gasteiger partial charge in [0.25, 0.3) is 0 Å². The number of aromatic nitrogens is 2. The van der Waals surface area contributed by atoms with E-state index in [-0.39, 0.29) is 25.6 Å². The average molecular weight is 458 g/mol. The van der Waals surface area contributed by atoms with Gasteiger partial charge in [0.15, 0.2) is 0 Å². The lowest BCUT2D eigenvalue weighted by Gasteiger charge is -2.25. The number of rotatable bonds is 8. The highest BCUT2D eigenvalue weighted by Crippen LogP contribution is 2.22. The van der Waals surface area contributed by atoms with Crippen molar-refractivity contribution in [1.82, 2.24) is 9.55 Å². The van der Waals surface area contributed by atoms with Gasteiger partial charge in [-0.25, -0.2) is 4.79 Å². The van der Waals surface area contributed by atoms with Crippen LogP contribution in [0.3, 0.4) is 0 Å². The summed E-state index contributed by atoms with van der Waals surface area (Å²) in [6, 6.07) is -0.221. The maximum atomic E-state index is 12.3. The SMILES string of the molecule is CC(=O)OC[C@H](CCn1cc(Br)c(NC2CCC=CC2O)nc1=O)OC(C)=O. The predicted octanol–water partition coefficient (Wildman–Crippen LogP) is 1.38. The van der Waals surface area contributed by atoms with Gasteiger partial charge in [0.2, 0.25) is 0 Å². The molecule has 2 N–H and O–H groups in total. The third-order valence-corrected chi connectivity index (χ3v) is 4.74. The minimum Gasteiger partial charge on any atom is -0.462 e. The molecule has 0 fully saturated rings. The Balaban J connectivity index is 2.04. The summed E-state index contributed by atoms with van der Waals surface area (Å²) in [5, 5.41) is 13.1. The Morgan fingerprint density at radius 3 is 2.82 bits per heavy atom. The quantitative estimate of drug-likeness (QED) is 0.443. The van der Waals surface area contributed by atoms with Gasteiger partial charge in [-0.2, -0.15) is 4.98 Å². The molecule has 2 rings (SSSR count). The number of nitrogens with one attached hydrogen (secondary N) is 1. The number of ether oxygens (including phenoxy) is 2. The second-order valence-corrected chi connectivity index (χ2v) is 7.34. The summed E-state index contributed by atoms with van der Waals surface area (Å²) in [6.45, 7) is 2.67. The highest BCUT2D eigenvalue weighted by Gasteiger charge is 2.21. The molecule has 2 unspecified atom stereocenters. The van der Waals surface area contributed by atoms with Gasteiger partial charge in [-0.3, -0.25) is 14.2 Å². The second-order valence-electron chi connectivity index (χ2n) is 6.48. The molecule has 0 bridgehead atoms. The van der Waals surface area contributed by atoms with Crippen LogP contribution in [0.2, 0.25) is 0 Å². The van der Waals surface area contributed by atoms with Crippen LogP contribution in [0, 0.1) is 0 Å². The third-order valence-electron chi connectivity index (χ3n) is 4.16. The smallest absolute Gasteiger partial charge is 0.349 e. The molecule has 0 saturated heterocycles. The predicted molar refractivity (Wildman–Crippen MR) is 105 cm³/mol. The fourth-order valence-electron chi connectivity index (χ4n) is 2.78. The van der Waals surface area contributed by atoms with E-state index in [1.807, 2.05) is 6.08 Å². The number of carbonyl (C=O) groups excluding carboxylic acids is 2. The number of aryl methyl sites for hydroxylation is 1. The maximum absolute atomic E-state index is 12.3. The van der Waals surface area contributed by atoms with Crippen LogP contribution >= 0.6 is 15.9 Å². The van der Waals surface area contributed by atoms with E-state index in [0.717, 1.165) is 12.8 Å². The zero-order valence-corrected chi connectivity index (χ0v) is 17.3. The molecule has 154 valence electrons. The molecule has 1 aliphatic rings. The minimum absolute atomic E-state index is 0.0784. The first-order valence-corrected chi connectivity index (χ1v) is 9.74. The number of aliphatic hydroxyl groups excluding tert-OH is 1. The van der Waals surface area contributed by atoms with Crippen molar-refractivity contribution in [3.05, 3.63) is 33.3 Å². The van der Waals surface area contributed by atoms with Crippen LogP contribution < -0.4 is 11.0 Å². The van der Waals surface area contributed by atoms with Crippen molar-refractivity contribution >= 4 is 33.7 Å². The van der Waals surface area contributed by atoms with E-state index in [0.29, 0.717) is 10.3 Å². The molecule has 10 heteroatoms. The number of carbonyl (C=O) groups is 2. The summed E-state index contributed by atoms with van der Waals surface area (Å²) in [6.07, 6.45) is 5.76. The number of anilines is 1. The largest absolute Gasteiger partial charge is 0.462 e. The van der Waals surface area contributed by atoms with Crippen molar-refractivity contribution in [1.29, 1.82) is 0 Å². The number of hydrogen-bond acceptors (Lipinski definition) is 8. The van der Waals surface area contributed by atoms with E-state index in [4.69, 9.17) is 9.47 Å². The maximum Gasteiger partial charge on any atom is 0.349 e. The molecule has 1 aromatic heterocycles. The lowest BCUT2D eigenvalue weighted by Crippen LogP contribution is -2.36. The molecule has 9 nitrogen and oxygen atoms in total. The summed E-state index contributed by atoms with van der Waals surface area (Å²) >= 11 is 3.39. The van der Waals surface area contributed by atoms with Crippen LogP contribution in [0.4, 0.5) is 5.82 Å². The molecule has 0 amide bonds. The number of halogens is 1. The average Bonchev–Trinajstić information content (AvgIpc) is 2.62. The van der Waals surface area contributed by atoms with Crippen molar-refractivity contribution in [2.75, 3.05) is 11.9 Å². The van der Waals surface area contributed by atoms with Crippen molar-refractivity contribution in [3.63, 3.8) is 0 Å². The minimum atomic E-state index is -0.658. The van der Waals surface area contributed by atoms with E-state index in [1.54, 1.807) is 12.3 Å². The molecule has 0 aliphatic heterocycles. The molecule has 1 heterocycles. The lowest BCUT2D eigenvalue weighted by atomic mass is 9.99. The van der Waals surface area contributed by atoms with Crippen molar-refractivity contribution < 1.29 is 24.2 Å². The topological polar surface area (TPSA) is 120 Å². The fourth-order valence-corrected chi connectivity index (χ4v) is 3.23. The highest BCUT2D eigenvalue weighted by molar-refractivity contribution is 9.10. The number of hydrogen-bond donors (Lipinski definition) is 2. The van der Waals surface area contributed by atoms with Crippen LogP contribution in [0.1, 0.15) is 33.1 Å². The van der Waals surface area contributed by atoms with E-state index >= 15 is 0 Å². The zero-order chi connectivity index (χ0) is 20.7. The number of esters is 2. The molecule has 0 radical (unpaired) electrons. The van der Waals surface area contributed by atoms with Crippen molar-refractivity contribution in [3.8, 4) is 0 Å². The molecule has 0 saturated carbocycles. The van der Waals surface area contributed by atoms with Gasteiger partial charge in [-0.15, -0.1) is 0 Å². The van der Waals surface area contributed by atoms with Gasteiger partial charge in [0.1, 0.15) is 18.5 Å². The summed E-state index contributed by atoms with van der Waals surface area (Å²) in [7, 11) is 0. The van der Waals surface area contributed by atoms with Gasteiger partial charge >= 0.3 is 17.6 Å². The van der Waals surface area contributed by atoms with Gasteiger partial charge in [0.05, 0.1) is 16.6 Å². The third kappa shape index (κ3) is 6.75. The van der Waals surface area contributed by atoms with E-state index in [2.05, 4.69) is 26.2 Å². The van der Waals surface area contributed by atoms with Crippen molar-refractivity contribution in [2.24, 2.45) is 0 Å². The Hall–Kier alpha value is -2.20. The monoisotopic (exact) mass is 457 g/mol. The molecule has 1 aliphatic carbocycles. The standard InChI is InChI=1S/C18H24BrN3O6/c1-11(23)27-10-13(28-12(2)24)7-8-22-9-14(19)17(21-18(22)26)20-15-5-3-4-6-16(15)25/h4,6,9,13,15-16,25H,3,5,7-8,10H2,1-2H3,(H,20,21,26)/t13-,15?,16?/m0/s1. The first-order valence-electron chi connectivity index (χ1n) is 8.95. The Morgan fingerprint density at radius 2 is 2.18 bits per heavy atom.